The first-order valence-electron chi connectivity index (χ1n) is 10.6. The Kier molecular flexibility index (Phi) is 5.00. The second-order valence-corrected chi connectivity index (χ2v) is 8.39. The molecule has 0 radical (unpaired) electrons. The predicted octanol–water partition coefficient (Wildman–Crippen LogP) is 4.81. The van der Waals surface area contributed by atoms with Crippen molar-refractivity contribution in [3.63, 3.8) is 0 Å². The Bertz CT molecular complexity index is 1100. The normalized spacial score (nSPS) is 19.5. The van der Waals surface area contributed by atoms with Crippen molar-refractivity contribution in [1.82, 2.24) is 19.9 Å². The van der Waals surface area contributed by atoms with Gasteiger partial charge in [-0.2, -0.15) is 27.8 Å². The molecular formula is C22H24F3N5O. The van der Waals surface area contributed by atoms with Gasteiger partial charge in [-0.25, -0.2) is 0 Å². The van der Waals surface area contributed by atoms with Crippen LogP contribution < -0.4 is 15.4 Å². The Morgan fingerprint density at radius 2 is 2.00 bits per heavy atom. The van der Waals surface area contributed by atoms with Crippen molar-refractivity contribution in [2.45, 2.75) is 50.8 Å². The number of ether oxygens (including phenoxy) is 1. The van der Waals surface area contributed by atoms with Gasteiger partial charge in [0.05, 0.1) is 11.8 Å². The summed E-state index contributed by atoms with van der Waals surface area (Å²) in [6.45, 7) is 3.37. The van der Waals surface area contributed by atoms with Crippen molar-refractivity contribution in [3.05, 3.63) is 47.2 Å². The molecule has 1 saturated carbocycles. The first-order valence-corrected chi connectivity index (χ1v) is 10.6. The summed E-state index contributed by atoms with van der Waals surface area (Å²) in [5, 5.41) is 10.9. The Balaban J connectivity index is 1.53. The smallest absolute Gasteiger partial charge is 0.416 e. The van der Waals surface area contributed by atoms with Crippen molar-refractivity contribution in [2.24, 2.45) is 0 Å². The van der Waals surface area contributed by atoms with Crippen molar-refractivity contribution in [3.8, 4) is 5.88 Å². The predicted molar refractivity (Wildman–Crippen MR) is 111 cm³/mol. The summed E-state index contributed by atoms with van der Waals surface area (Å²) in [5.41, 5.74) is 1.91. The van der Waals surface area contributed by atoms with Gasteiger partial charge in [-0.15, -0.1) is 0 Å². The number of rotatable bonds is 5. The molecule has 3 aromatic rings. The number of alkyl halides is 3. The van der Waals surface area contributed by atoms with Crippen molar-refractivity contribution < 1.29 is 17.9 Å². The van der Waals surface area contributed by atoms with Gasteiger partial charge < -0.3 is 15.4 Å². The monoisotopic (exact) mass is 431 g/mol. The van der Waals surface area contributed by atoms with Gasteiger partial charge in [-0.1, -0.05) is 0 Å². The van der Waals surface area contributed by atoms with Gasteiger partial charge in [0.2, 0.25) is 5.88 Å². The SMILES string of the molecule is Cc1cc(Nc2cc(O[C@H]3CCCNC3)nc3c(C4CC4)cnn23)cc(C(F)(F)F)c1. The summed E-state index contributed by atoms with van der Waals surface area (Å²) >= 11 is 0. The number of hydrogen-bond donors (Lipinski definition) is 2. The summed E-state index contributed by atoms with van der Waals surface area (Å²) in [6.07, 6.45) is 1.55. The molecule has 5 rings (SSSR count). The van der Waals surface area contributed by atoms with E-state index in [0.717, 1.165) is 56.5 Å². The first-order chi connectivity index (χ1) is 14.9. The number of nitrogens with zero attached hydrogens (tertiary/aromatic N) is 3. The van der Waals surface area contributed by atoms with Crippen LogP contribution in [0.25, 0.3) is 5.65 Å². The molecule has 2 aromatic heterocycles. The maximum Gasteiger partial charge on any atom is 0.416 e. The molecular weight excluding hydrogens is 407 g/mol. The molecule has 0 unspecified atom stereocenters. The Morgan fingerprint density at radius 3 is 2.71 bits per heavy atom. The minimum atomic E-state index is -4.41. The Morgan fingerprint density at radius 1 is 1.16 bits per heavy atom. The van der Waals surface area contributed by atoms with E-state index in [1.807, 2.05) is 0 Å². The van der Waals surface area contributed by atoms with Gasteiger partial charge in [-0.3, -0.25) is 0 Å². The molecule has 1 aromatic carbocycles. The Labute approximate surface area is 177 Å². The molecule has 1 aliphatic carbocycles. The molecule has 2 N–H and O–H groups in total. The summed E-state index contributed by atoms with van der Waals surface area (Å²) in [7, 11) is 0. The van der Waals surface area contributed by atoms with Crippen LogP contribution in [0.5, 0.6) is 5.88 Å². The van der Waals surface area contributed by atoms with Crippen LogP contribution in [-0.2, 0) is 6.18 Å². The number of aryl methyl sites for hydroxylation is 1. The lowest BCUT2D eigenvalue weighted by Gasteiger charge is -2.23. The zero-order chi connectivity index (χ0) is 21.6. The van der Waals surface area contributed by atoms with E-state index in [9.17, 15) is 13.2 Å². The molecule has 9 heteroatoms. The van der Waals surface area contributed by atoms with E-state index >= 15 is 0 Å². The molecule has 1 atom stereocenters. The van der Waals surface area contributed by atoms with E-state index < -0.39 is 11.7 Å². The van der Waals surface area contributed by atoms with Crippen molar-refractivity contribution in [1.29, 1.82) is 0 Å². The summed E-state index contributed by atoms with van der Waals surface area (Å²) in [6, 6.07) is 5.63. The first kappa shape index (κ1) is 20.1. The van der Waals surface area contributed by atoms with Gasteiger partial charge >= 0.3 is 6.18 Å². The second kappa shape index (κ2) is 7.71. The molecule has 1 saturated heterocycles. The third-order valence-corrected chi connectivity index (χ3v) is 5.71. The van der Waals surface area contributed by atoms with E-state index in [1.54, 1.807) is 29.8 Å². The van der Waals surface area contributed by atoms with E-state index in [4.69, 9.17) is 9.72 Å². The molecule has 0 amide bonds. The van der Waals surface area contributed by atoms with Crippen LogP contribution in [0.15, 0.2) is 30.5 Å². The largest absolute Gasteiger partial charge is 0.473 e. The molecule has 1 aliphatic heterocycles. The van der Waals surface area contributed by atoms with Gasteiger partial charge in [0.25, 0.3) is 0 Å². The third-order valence-electron chi connectivity index (χ3n) is 5.71. The number of anilines is 2. The number of halogens is 3. The second-order valence-electron chi connectivity index (χ2n) is 8.39. The van der Waals surface area contributed by atoms with Gasteiger partial charge in [0.1, 0.15) is 11.9 Å². The fourth-order valence-corrected chi connectivity index (χ4v) is 4.05. The van der Waals surface area contributed by atoms with E-state index in [2.05, 4.69) is 15.7 Å². The van der Waals surface area contributed by atoms with Crippen LogP contribution in [0.3, 0.4) is 0 Å². The van der Waals surface area contributed by atoms with E-state index in [0.29, 0.717) is 34.5 Å². The summed E-state index contributed by atoms with van der Waals surface area (Å²) in [4.78, 5) is 4.70. The lowest BCUT2D eigenvalue weighted by atomic mass is 10.1. The number of fused-ring (bicyclic) bond motifs is 1. The highest BCUT2D eigenvalue weighted by molar-refractivity contribution is 5.64. The zero-order valence-electron chi connectivity index (χ0n) is 17.2. The lowest BCUT2D eigenvalue weighted by molar-refractivity contribution is -0.137. The van der Waals surface area contributed by atoms with Crippen molar-refractivity contribution in [2.75, 3.05) is 18.4 Å². The number of hydrogen-bond acceptors (Lipinski definition) is 5. The van der Waals surface area contributed by atoms with Crippen LogP contribution in [-0.4, -0.2) is 33.8 Å². The van der Waals surface area contributed by atoms with Crippen LogP contribution in [0, 0.1) is 6.92 Å². The number of nitrogens with one attached hydrogen (secondary N) is 2. The molecule has 0 bridgehead atoms. The van der Waals surface area contributed by atoms with E-state index in [-0.39, 0.29) is 6.10 Å². The highest BCUT2D eigenvalue weighted by Crippen LogP contribution is 2.42. The average molecular weight is 431 g/mol. The van der Waals surface area contributed by atoms with E-state index in [1.165, 1.54) is 0 Å². The van der Waals surface area contributed by atoms with Gasteiger partial charge in [0.15, 0.2) is 5.65 Å². The molecule has 3 heterocycles. The fourth-order valence-electron chi connectivity index (χ4n) is 4.05. The Hall–Kier alpha value is -2.81. The van der Waals surface area contributed by atoms with Gasteiger partial charge in [-0.05, 0) is 68.8 Å². The summed E-state index contributed by atoms with van der Waals surface area (Å²) < 4.78 is 47.6. The highest BCUT2D eigenvalue weighted by Gasteiger charge is 2.31. The molecule has 2 fully saturated rings. The number of aromatic nitrogens is 3. The van der Waals surface area contributed by atoms with Crippen molar-refractivity contribution >= 4 is 17.2 Å². The third kappa shape index (κ3) is 4.32. The minimum Gasteiger partial charge on any atom is -0.473 e. The minimum absolute atomic E-state index is 0.0136. The molecule has 31 heavy (non-hydrogen) atoms. The zero-order valence-corrected chi connectivity index (χ0v) is 17.2. The van der Waals surface area contributed by atoms with Crippen LogP contribution in [0.4, 0.5) is 24.7 Å². The van der Waals surface area contributed by atoms with Crippen LogP contribution in [0.2, 0.25) is 0 Å². The fraction of sp³-hybridized carbons (Fsp3) is 0.455. The average Bonchev–Trinajstić information content (AvgIpc) is 3.47. The summed E-state index contributed by atoms with van der Waals surface area (Å²) in [5.74, 6) is 1.41. The number of benzene rings is 1. The maximum absolute atomic E-state index is 13.3. The molecule has 164 valence electrons. The lowest BCUT2D eigenvalue weighted by Crippen LogP contribution is -2.37. The van der Waals surface area contributed by atoms with Crippen LogP contribution in [0.1, 0.15) is 48.3 Å². The number of piperidine rings is 1. The topological polar surface area (TPSA) is 63.5 Å². The molecule has 2 aliphatic rings. The van der Waals surface area contributed by atoms with Gasteiger partial charge in [0, 0.05) is 23.9 Å². The highest BCUT2D eigenvalue weighted by atomic mass is 19.4. The van der Waals surface area contributed by atoms with Crippen LogP contribution >= 0.6 is 0 Å². The molecule has 0 spiro atoms. The quantitative estimate of drug-likeness (QED) is 0.607. The standard InChI is InChI=1S/C22H24F3N5O/c1-13-7-15(22(23,24)25)9-16(8-13)28-19-10-20(31-17-3-2-6-26-11-17)29-21-18(14-4-5-14)12-27-30(19)21/h7-10,12,14,17,26,28H,2-6,11H2,1H3/t17-/m0/s1. The molecule has 6 nitrogen and oxygen atoms in total. The maximum atomic E-state index is 13.3.